The minimum absolute atomic E-state index is 0.0776. The molecule has 4 nitrogen and oxygen atoms in total. The van der Waals surface area contributed by atoms with Gasteiger partial charge in [0.2, 0.25) is 5.91 Å². The van der Waals surface area contributed by atoms with E-state index in [1.54, 1.807) is 0 Å². The third-order valence-electron chi connectivity index (χ3n) is 4.03. The van der Waals surface area contributed by atoms with Crippen LogP contribution in [0.25, 0.3) is 0 Å². The van der Waals surface area contributed by atoms with Crippen molar-refractivity contribution in [3.05, 3.63) is 54.6 Å². The molecule has 120 valence electrons. The molecule has 0 aromatic heterocycles. The molecule has 4 heteroatoms. The Kier molecular flexibility index (Phi) is 5.27. The fourth-order valence-corrected chi connectivity index (χ4v) is 2.82. The second-order valence-electron chi connectivity index (χ2n) is 5.89. The van der Waals surface area contributed by atoms with Crippen molar-refractivity contribution in [3.63, 3.8) is 0 Å². The molecule has 1 saturated heterocycles. The molecule has 1 aliphatic heterocycles. The zero-order valence-corrected chi connectivity index (χ0v) is 13.1. The topological polar surface area (TPSA) is 50.4 Å². The van der Waals surface area contributed by atoms with Gasteiger partial charge in [-0.05, 0) is 56.1 Å². The number of rotatable bonds is 5. The van der Waals surface area contributed by atoms with Crippen molar-refractivity contribution in [1.82, 2.24) is 5.32 Å². The Morgan fingerprint density at radius 3 is 2.57 bits per heavy atom. The Labute approximate surface area is 136 Å². The monoisotopic (exact) mass is 310 g/mol. The molecule has 0 unspecified atom stereocenters. The second kappa shape index (κ2) is 7.79. The fourth-order valence-electron chi connectivity index (χ4n) is 2.82. The summed E-state index contributed by atoms with van der Waals surface area (Å²) >= 11 is 0. The predicted molar refractivity (Wildman–Crippen MR) is 91.8 cm³/mol. The number of ether oxygens (including phenoxy) is 1. The van der Waals surface area contributed by atoms with Gasteiger partial charge in [0, 0.05) is 18.2 Å². The van der Waals surface area contributed by atoms with E-state index >= 15 is 0 Å². The molecule has 23 heavy (non-hydrogen) atoms. The molecule has 0 radical (unpaired) electrons. The summed E-state index contributed by atoms with van der Waals surface area (Å²) in [6.07, 6.45) is 2.74. The van der Waals surface area contributed by atoms with Crippen molar-refractivity contribution in [2.24, 2.45) is 5.92 Å². The van der Waals surface area contributed by atoms with Crippen LogP contribution in [0.1, 0.15) is 19.3 Å². The summed E-state index contributed by atoms with van der Waals surface area (Å²) in [5, 5.41) is 6.30. The lowest BCUT2D eigenvalue weighted by Gasteiger charge is -2.21. The first kappa shape index (κ1) is 15.6. The number of amides is 1. The van der Waals surface area contributed by atoms with Crippen LogP contribution < -0.4 is 15.4 Å². The fraction of sp³-hybridized carbons (Fsp3) is 0.316. The van der Waals surface area contributed by atoms with Crippen LogP contribution in [0.2, 0.25) is 0 Å². The van der Waals surface area contributed by atoms with Crippen LogP contribution in [0, 0.1) is 5.92 Å². The first-order valence-electron chi connectivity index (χ1n) is 8.13. The van der Waals surface area contributed by atoms with E-state index in [0.717, 1.165) is 43.1 Å². The summed E-state index contributed by atoms with van der Waals surface area (Å²) < 4.78 is 5.79. The first-order valence-corrected chi connectivity index (χ1v) is 8.13. The second-order valence-corrected chi connectivity index (χ2v) is 5.89. The lowest BCUT2D eigenvalue weighted by Crippen LogP contribution is -2.30. The van der Waals surface area contributed by atoms with E-state index in [0.29, 0.717) is 12.3 Å². The van der Waals surface area contributed by atoms with Crippen LogP contribution in [-0.4, -0.2) is 19.0 Å². The highest BCUT2D eigenvalue weighted by Crippen LogP contribution is 2.24. The molecule has 0 bridgehead atoms. The normalized spacial score (nSPS) is 15.1. The van der Waals surface area contributed by atoms with E-state index < -0.39 is 0 Å². The van der Waals surface area contributed by atoms with Gasteiger partial charge in [-0.15, -0.1) is 0 Å². The van der Waals surface area contributed by atoms with Crippen molar-refractivity contribution >= 4 is 11.6 Å². The molecule has 2 N–H and O–H groups in total. The Morgan fingerprint density at radius 2 is 1.78 bits per heavy atom. The number of carbonyl (C=O) groups is 1. The van der Waals surface area contributed by atoms with E-state index in [4.69, 9.17) is 4.74 Å². The number of piperidine rings is 1. The van der Waals surface area contributed by atoms with Gasteiger partial charge in [-0.3, -0.25) is 4.79 Å². The summed E-state index contributed by atoms with van der Waals surface area (Å²) in [5.41, 5.74) is 0.775. The molecule has 0 atom stereocenters. The summed E-state index contributed by atoms with van der Waals surface area (Å²) in [5.74, 6) is 2.07. The largest absolute Gasteiger partial charge is 0.457 e. The van der Waals surface area contributed by atoms with Gasteiger partial charge < -0.3 is 15.4 Å². The van der Waals surface area contributed by atoms with Crippen molar-refractivity contribution in [3.8, 4) is 11.5 Å². The first-order chi connectivity index (χ1) is 11.3. The number of hydrogen-bond acceptors (Lipinski definition) is 3. The summed E-state index contributed by atoms with van der Waals surface area (Å²) in [4.78, 5) is 12.2. The molecule has 1 fully saturated rings. The highest BCUT2D eigenvalue weighted by Gasteiger charge is 2.16. The highest BCUT2D eigenvalue weighted by molar-refractivity contribution is 5.91. The van der Waals surface area contributed by atoms with Crippen LogP contribution in [0.15, 0.2) is 54.6 Å². The Morgan fingerprint density at radius 1 is 1.04 bits per heavy atom. The zero-order valence-electron chi connectivity index (χ0n) is 13.1. The maximum absolute atomic E-state index is 12.2. The maximum atomic E-state index is 12.2. The number of hydrogen-bond donors (Lipinski definition) is 2. The van der Waals surface area contributed by atoms with Crippen LogP contribution in [0.5, 0.6) is 11.5 Å². The molecule has 1 aliphatic rings. The third-order valence-corrected chi connectivity index (χ3v) is 4.03. The molecule has 0 aliphatic carbocycles. The number of para-hydroxylation sites is 1. The minimum Gasteiger partial charge on any atom is -0.457 e. The minimum atomic E-state index is 0.0776. The van der Waals surface area contributed by atoms with Gasteiger partial charge in [-0.25, -0.2) is 0 Å². The van der Waals surface area contributed by atoms with Crippen molar-refractivity contribution in [2.45, 2.75) is 19.3 Å². The number of benzene rings is 2. The van der Waals surface area contributed by atoms with Gasteiger partial charge in [-0.1, -0.05) is 24.3 Å². The standard InChI is InChI=1S/C19H22N2O2/c22-19(13-15-9-11-20-12-10-15)21-16-5-4-8-18(14-16)23-17-6-2-1-3-7-17/h1-8,14-15,20H,9-13H2,(H,21,22). The van der Waals surface area contributed by atoms with E-state index in [2.05, 4.69) is 10.6 Å². The molecule has 1 amide bonds. The van der Waals surface area contributed by atoms with Crippen molar-refractivity contribution in [1.29, 1.82) is 0 Å². The van der Waals surface area contributed by atoms with Gasteiger partial charge in [0.25, 0.3) is 0 Å². The Hall–Kier alpha value is -2.33. The smallest absolute Gasteiger partial charge is 0.224 e. The van der Waals surface area contributed by atoms with Crippen molar-refractivity contribution in [2.75, 3.05) is 18.4 Å². The van der Waals surface area contributed by atoms with E-state index in [9.17, 15) is 4.79 Å². The lowest BCUT2D eigenvalue weighted by molar-refractivity contribution is -0.117. The Balaban J connectivity index is 1.57. The summed E-state index contributed by atoms with van der Waals surface area (Å²) in [6.45, 7) is 2.02. The van der Waals surface area contributed by atoms with E-state index in [1.165, 1.54) is 0 Å². The van der Waals surface area contributed by atoms with Gasteiger partial charge in [0.15, 0.2) is 0 Å². The molecule has 3 rings (SSSR count). The Bertz CT molecular complexity index is 637. The van der Waals surface area contributed by atoms with Crippen molar-refractivity contribution < 1.29 is 9.53 Å². The predicted octanol–water partition coefficient (Wildman–Crippen LogP) is 3.81. The molecule has 1 heterocycles. The molecular formula is C19H22N2O2. The molecule has 2 aromatic carbocycles. The quantitative estimate of drug-likeness (QED) is 0.883. The third kappa shape index (κ3) is 4.83. The average molecular weight is 310 g/mol. The number of nitrogens with one attached hydrogen (secondary N) is 2. The van der Waals surface area contributed by atoms with E-state index in [-0.39, 0.29) is 5.91 Å². The van der Waals surface area contributed by atoms with Crippen LogP contribution in [-0.2, 0) is 4.79 Å². The molecule has 2 aromatic rings. The van der Waals surface area contributed by atoms with Gasteiger partial charge >= 0.3 is 0 Å². The van der Waals surface area contributed by atoms with Crippen LogP contribution >= 0.6 is 0 Å². The maximum Gasteiger partial charge on any atom is 0.224 e. The van der Waals surface area contributed by atoms with Crippen LogP contribution in [0.3, 0.4) is 0 Å². The SMILES string of the molecule is O=C(CC1CCNCC1)Nc1cccc(Oc2ccccc2)c1. The van der Waals surface area contributed by atoms with Gasteiger partial charge in [0.05, 0.1) is 0 Å². The number of anilines is 1. The number of carbonyl (C=O) groups excluding carboxylic acids is 1. The van der Waals surface area contributed by atoms with Crippen LogP contribution in [0.4, 0.5) is 5.69 Å². The van der Waals surface area contributed by atoms with E-state index in [1.807, 2.05) is 54.6 Å². The zero-order chi connectivity index (χ0) is 15.9. The molecule has 0 saturated carbocycles. The lowest BCUT2D eigenvalue weighted by atomic mass is 9.94. The molecular weight excluding hydrogens is 288 g/mol. The highest BCUT2D eigenvalue weighted by atomic mass is 16.5. The van der Waals surface area contributed by atoms with Gasteiger partial charge in [-0.2, -0.15) is 0 Å². The summed E-state index contributed by atoms with van der Waals surface area (Å²) in [7, 11) is 0. The average Bonchev–Trinajstić information content (AvgIpc) is 2.57. The molecule has 0 spiro atoms. The summed E-state index contributed by atoms with van der Waals surface area (Å²) in [6, 6.07) is 17.1. The van der Waals surface area contributed by atoms with Gasteiger partial charge in [0.1, 0.15) is 11.5 Å².